The van der Waals surface area contributed by atoms with Gasteiger partial charge < -0.3 is 9.47 Å². The number of esters is 1. The van der Waals surface area contributed by atoms with Gasteiger partial charge in [-0.3, -0.25) is 0 Å². The molecule has 26 heavy (non-hydrogen) atoms. The van der Waals surface area contributed by atoms with Crippen molar-refractivity contribution in [3.05, 3.63) is 99.5 Å². The summed E-state index contributed by atoms with van der Waals surface area (Å²) in [6.07, 6.45) is -0.568. The Balaban J connectivity index is 1.92. The lowest BCUT2D eigenvalue weighted by Gasteiger charge is -2.19. The average molecular weight is 387 g/mol. The first-order valence-electron chi connectivity index (χ1n) is 7.93. The molecular formula is C21H16Cl2O3. The molecule has 0 bridgehead atoms. The molecule has 0 amide bonds. The zero-order chi connectivity index (χ0) is 18.5. The van der Waals surface area contributed by atoms with Crippen LogP contribution in [0.15, 0.2) is 72.8 Å². The summed E-state index contributed by atoms with van der Waals surface area (Å²) < 4.78 is 11.0. The van der Waals surface area contributed by atoms with E-state index >= 15 is 0 Å². The molecule has 0 aliphatic heterocycles. The second kappa shape index (κ2) is 8.26. The molecule has 1 atom stereocenters. The van der Waals surface area contributed by atoms with Crippen molar-refractivity contribution in [2.45, 2.75) is 6.10 Å². The minimum absolute atomic E-state index is 0.432. The monoisotopic (exact) mass is 386 g/mol. The zero-order valence-electron chi connectivity index (χ0n) is 14.0. The summed E-state index contributed by atoms with van der Waals surface area (Å²) >= 11 is 11.9. The summed E-state index contributed by atoms with van der Waals surface area (Å²) in [5.41, 5.74) is 2.08. The predicted octanol–water partition coefficient (Wildman–Crippen LogP) is 5.95. The SMILES string of the molecule is COc1ccc([C@@H](OC(=O)c2ccc(Cl)cc2)c2ccc(Cl)cc2)cc1. The van der Waals surface area contributed by atoms with E-state index in [0.717, 1.165) is 16.9 Å². The van der Waals surface area contributed by atoms with Crippen LogP contribution in [0.3, 0.4) is 0 Å². The topological polar surface area (TPSA) is 35.5 Å². The summed E-state index contributed by atoms with van der Waals surface area (Å²) in [6.45, 7) is 0. The number of ether oxygens (including phenoxy) is 2. The number of methoxy groups -OCH3 is 1. The van der Waals surface area contributed by atoms with E-state index in [9.17, 15) is 4.79 Å². The van der Waals surface area contributed by atoms with Gasteiger partial charge in [0.2, 0.25) is 0 Å². The number of carbonyl (C=O) groups is 1. The highest BCUT2D eigenvalue weighted by Crippen LogP contribution is 2.29. The Morgan fingerprint density at radius 3 is 1.73 bits per heavy atom. The maximum absolute atomic E-state index is 12.6. The number of rotatable bonds is 5. The van der Waals surface area contributed by atoms with E-state index in [4.69, 9.17) is 32.7 Å². The summed E-state index contributed by atoms with van der Waals surface area (Å²) in [6, 6.07) is 21.2. The lowest BCUT2D eigenvalue weighted by molar-refractivity contribution is 0.0378. The van der Waals surface area contributed by atoms with Crippen LogP contribution in [-0.4, -0.2) is 13.1 Å². The molecule has 0 unspecified atom stereocenters. The molecule has 0 N–H and O–H groups in total. The van der Waals surface area contributed by atoms with E-state index in [1.165, 1.54) is 0 Å². The van der Waals surface area contributed by atoms with Crippen molar-refractivity contribution in [2.75, 3.05) is 7.11 Å². The molecule has 0 fully saturated rings. The molecule has 0 aromatic heterocycles. The van der Waals surface area contributed by atoms with Gasteiger partial charge in [0.1, 0.15) is 5.75 Å². The van der Waals surface area contributed by atoms with Crippen molar-refractivity contribution in [1.82, 2.24) is 0 Å². The highest BCUT2D eigenvalue weighted by molar-refractivity contribution is 6.30. The third kappa shape index (κ3) is 4.37. The molecule has 0 aliphatic rings. The molecule has 3 aromatic carbocycles. The van der Waals surface area contributed by atoms with Gasteiger partial charge in [0.05, 0.1) is 12.7 Å². The smallest absolute Gasteiger partial charge is 0.339 e. The largest absolute Gasteiger partial charge is 0.497 e. The Morgan fingerprint density at radius 2 is 1.23 bits per heavy atom. The molecule has 0 spiro atoms. The predicted molar refractivity (Wildman–Crippen MR) is 103 cm³/mol. The van der Waals surface area contributed by atoms with Crippen molar-refractivity contribution >= 4 is 29.2 Å². The summed E-state index contributed by atoms with van der Waals surface area (Å²) in [7, 11) is 1.60. The van der Waals surface area contributed by atoms with E-state index in [1.54, 1.807) is 43.5 Å². The van der Waals surface area contributed by atoms with Crippen LogP contribution in [0.4, 0.5) is 0 Å². The van der Waals surface area contributed by atoms with Gasteiger partial charge in [-0.15, -0.1) is 0 Å². The minimum atomic E-state index is -0.568. The van der Waals surface area contributed by atoms with Crippen LogP contribution in [0.5, 0.6) is 5.75 Å². The van der Waals surface area contributed by atoms with E-state index in [-0.39, 0.29) is 0 Å². The number of benzene rings is 3. The fourth-order valence-corrected chi connectivity index (χ4v) is 2.76. The van der Waals surface area contributed by atoms with Crippen molar-refractivity contribution in [3.63, 3.8) is 0 Å². The van der Waals surface area contributed by atoms with Gasteiger partial charge in [-0.05, 0) is 59.7 Å². The Morgan fingerprint density at radius 1 is 0.769 bits per heavy atom. The second-order valence-electron chi connectivity index (χ2n) is 5.62. The van der Waals surface area contributed by atoms with Gasteiger partial charge in [-0.2, -0.15) is 0 Å². The van der Waals surface area contributed by atoms with E-state index in [0.29, 0.717) is 15.6 Å². The molecule has 0 saturated carbocycles. The third-order valence-corrected chi connectivity index (χ3v) is 4.40. The molecule has 3 aromatic rings. The summed E-state index contributed by atoms with van der Waals surface area (Å²) in [4.78, 5) is 12.6. The van der Waals surface area contributed by atoms with Crippen molar-refractivity contribution in [2.24, 2.45) is 0 Å². The molecular weight excluding hydrogens is 371 g/mol. The van der Waals surface area contributed by atoms with Crippen LogP contribution in [0.1, 0.15) is 27.6 Å². The number of carbonyl (C=O) groups excluding carboxylic acids is 1. The third-order valence-electron chi connectivity index (χ3n) is 3.90. The second-order valence-corrected chi connectivity index (χ2v) is 6.49. The number of hydrogen-bond donors (Lipinski definition) is 0. The van der Waals surface area contributed by atoms with Gasteiger partial charge in [0, 0.05) is 10.0 Å². The van der Waals surface area contributed by atoms with Gasteiger partial charge in [0.15, 0.2) is 6.10 Å². The lowest BCUT2D eigenvalue weighted by Crippen LogP contribution is -2.13. The molecule has 3 nitrogen and oxygen atoms in total. The van der Waals surface area contributed by atoms with Gasteiger partial charge in [-0.25, -0.2) is 4.79 Å². The Labute approximate surface area is 162 Å². The first-order valence-corrected chi connectivity index (χ1v) is 8.68. The zero-order valence-corrected chi connectivity index (χ0v) is 15.5. The number of hydrogen-bond acceptors (Lipinski definition) is 3. The van der Waals surface area contributed by atoms with E-state index < -0.39 is 12.1 Å². The highest BCUT2D eigenvalue weighted by Gasteiger charge is 2.20. The Bertz CT molecular complexity index is 873. The summed E-state index contributed by atoms with van der Waals surface area (Å²) in [5.74, 6) is 0.296. The molecule has 0 saturated heterocycles. The van der Waals surface area contributed by atoms with Crippen LogP contribution >= 0.6 is 23.2 Å². The summed E-state index contributed by atoms with van der Waals surface area (Å²) in [5, 5.41) is 1.18. The molecule has 0 radical (unpaired) electrons. The minimum Gasteiger partial charge on any atom is -0.497 e. The maximum Gasteiger partial charge on any atom is 0.339 e. The lowest BCUT2D eigenvalue weighted by atomic mass is 10.0. The maximum atomic E-state index is 12.6. The van der Waals surface area contributed by atoms with Crippen LogP contribution in [0.2, 0.25) is 10.0 Å². The van der Waals surface area contributed by atoms with E-state index in [1.807, 2.05) is 36.4 Å². The van der Waals surface area contributed by atoms with Gasteiger partial charge >= 0.3 is 5.97 Å². The average Bonchev–Trinajstić information content (AvgIpc) is 2.67. The molecule has 3 rings (SSSR count). The Hall–Kier alpha value is -2.49. The first-order chi connectivity index (χ1) is 12.6. The number of halogens is 2. The van der Waals surface area contributed by atoms with E-state index in [2.05, 4.69) is 0 Å². The van der Waals surface area contributed by atoms with Crippen molar-refractivity contribution in [1.29, 1.82) is 0 Å². The van der Waals surface area contributed by atoms with Crippen molar-refractivity contribution < 1.29 is 14.3 Å². The first kappa shape index (κ1) is 18.3. The molecule has 132 valence electrons. The van der Waals surface area contributed by atoms with Crippen LogP contribution in [0, 0.1) is 0 Å². The quantitative estimate of drug-likeness (QED) is 0.508. The normalized spacial score (nSPS) is 11.7. The van der Waals surface area contributed by atoms with Crippen LogP contribution in [-0.2, 0) is 4.74 Å². The van der Waals surface area contributed by atoms with Crippen LogP contribution in [0.25, 0.3) is 0 Å². The Kier molecular flexibility index (Phi) is 5.82. The van der Waals surface area contributed by atoms with Crippen molar-refractivity contribution in [3.8, 4) is 5.75 Å². The standard InChI is InChI=1S/C21H16Cl2O3/c1-25-19-12-6-15(7-13-19)20(14-2-8-17(22)9-3-14)26-21(24)16-4-10-18(23)11-5-16/h2-13,20H,1H3/t20-/m0/s1. The van der Waals surface area contributed by atoms with Gasteiger partial charge in [0.25, 0.3) is 0 Å². The molecule has 5 heteroatoms. The molecule has 0 heterocycles. The van der Waals surface area contributed by atoms with Gasteiger partial charge in [-0.1, -0.05) is 47.5 Å². The fourth-order valence-electron chi connectivity index (χ4n) is 2.51. The molecule has 0 aliphatic carbocycles. The highest BCUT2D eigenvalue weighted by atomic mass is 35.5. The fraction of sp³-hybridized carbons (Fsp3) is 0.0952. The van der Waals surface area contributed by atoms with Crippen LogP contribution < -0.4 is 4.74 Å².